The second-order valence-corrected chi connectivity index (χ2v) is 9.64. The highest BCUT2D eigenvalue weighted by atomic mass is 32.2. The van der Waals surface area contributed by atoms with Crippen LogP contribution in [0.5, 0.6) is 0 Å². The van der Waals surface area contributed by atoms with Crippen LogP contribution in [0, 0.1) is 5.82 Å². The average Bonchev–Trinajstić information content (AvgIpc) is 2.65. The molecule has 2 aromatic rings. The average molecular weight is 423 g/mol. The molecule has 0 unspecified atom stereocenters. The number of anilines is 2. The fraction of sp³-hybridized carbons (Fsp3) is 0.263. The van der Waals surface area contributed by atoms with Crippen molar-refractivity contribution in [2.24, 2.45) is 0 Å². The predicted molar refractivity (Wildman–Crippen MR) is 107 cm³/mol. The SMILES string of the molecule is CC[C@H]1Sc2ccc(S(=O)(=O)CCC(=O)Nc3cccc(F)c3)cc2NC1=O. The largest absolute Gasteiger partial charge is 0.326 e. The van der Waals surface area contributed by atoms with E-state index in [0.717, 1.165) is 11.0 Å². The van der Waals surface area contributed by atoms with Crippen LogP contribution in [-0.2, 0) is 19.4 Å². The first-order valence-electron chi connectivity index (χ1n) is 8.68. The summed E-state index contributed by atoms with van der Waals surface area (Å²) in [5.41, 5.74) is 0.728. The molecule has 0 aromatic heterocycles. The Morgan fingerprint density at radius 3 is 2.75 bits per heavy atom. The van der Waals surface area contributed by atoms with Crippen LogP contribution in [0.1, 0.15) is 19.8 Å². The third-order valence-corrected chi connectivity index (χ3v) is 7.36. The van der Waals surface area contributed by atoms with Gasteiger partial charge in [0.05, 0.1) is 21.6 Å². The van der Waals surface area contributed by atoms with E-state index in [2.05, 4.69) is 10.6 Å². The Morgan fingerprint density at radius 1 is 1.25 bits per heavy atom. The van der Waals surface area contributed by atoms with E-state index in [1.165, 1.54) is 42.1 Å². The number of hydrogen-bond acceptors (Lipinski definition) is 5. The van der Waals surface area contributed by atoms with Crippen molar-refractivity contribution in [1.82, 2.24) is 0 Å². The minimum absolute atomic E-state index is 0.0423. The van der Waals surface area contributed by atoms with E-state index in [0.29, 0.717) is 12.1 Å². The molecule has 1 atom stereocenters. The number of carbonyl (C=O) groups excluding carboxylic acids is 2. The molecular formula is C19H19FN2O4S2. The normalized spacial score (nSPS) is 16.2. The van der Waals surface area contributed by atoms with Crippen LogP contribution in [-0.4, -0.2) is 31.2 Å². The van der Waals surface area contributed by atoms with Gasteiger partial charge in [0, 0.05) is 17.0 Å². The van der Waals surface area contributed by atoms with Gasteiger partial charge in [-0.15, -0.1) is 11.8 Å². The molecule has 0 saturated carbocycles. The second-order valence-electron chi connectivity index (χ2n) is 6.29. The zero-order valence-corrected chi connectivity index (χ0v) is 16.7. The molecule has 3 rings (SSSR count). The maximum absolute atomic E-state index is 13.1. The fourth-order valence-corrected chi connectivity index (χ4v) is 5.01. The molecule has 9 heteroatoms. The standard InChI is InChI=1S/C19H19FN2O4S2/c1-2-16-19(24)22-15-11-14(6-7-17(15)27-16)28(25,26)9-8-18(23)21-13-5-3-4-12(20)10-13/h3-7,10-11,16H,2,8-9H2,1H3,(H,21,23)(H,22,24)/t16-/m1/s1. The number of fused-ring (bicyclic) bond motifs is 1. The highest BCUT2D eigenvalue weighted by molar-refractivity contribution is 8.01. The summed E-state index contributed by atoms with van der Waals surface area (Å²) in [6, 6.07) is 9.94. The van der Waals surface area contributed by atoms with Gasteiger partial charge in [-0.3, -0.25) is 9.59 Å². The molecule has 0 bridgehead atoms. The smallest absolute Gasteiger partial charge is 0.237 e. The first-order valence-corrected chi connectivity index (χ1v) is 11.2. The minimum Gasteiger partial charge on any atom is -0.326 e. The van der Waals surface area contributed by atoms with E-state index < -0.39 is 27.3 Å². The number of nitrogens with one attached hydrogen (secondary N) is 2. The predicted octanol–water partition coefficient (Wildman–Crippen LogP) is 3.45. The number of thioether (sulfide) groups is 1. The van der Waals surface area contributed by atoms with Crippen molar-refractivity contribution in [1.29, 1.82) is 0 Å². The van der Waals surface area contributed by atoms with Crippen molar-refractivity contribution >= 4 is 44.8 Å². The minimum atomic E-state index is -3.72. The van der Waals surface area contributed by atoms with Crippen molar-refractivity contribution in [3.05, 3.63) is 48.3 Å². The van der Waals surface area contributed by atoms with Crippen molar-refractivity contribution in [3.8, 4) is 0 Å². The van der Waals surface area contributed by atoms with Gasteiger partial charge in [0.15, 0.2) is 9.84 Å². The monoisotopic (exact) mass is 422 g/mol. The molecule has 0 spiro atoms. The third-order valence-electron chi connectivity index (χ3n) is 4.21. The number of carbonyl (C=O) groups is 2. The van der Waals surface area contributed by atoms with Crippen LogP contribution in [0.15, 0.2) is 52.3 Å². The van der Waals surface area contributed by atoms with E-state index in [9.17, 15) is 22.4 Å². The lowest BCUT2D eigenvalue weighted by molar-refractivity contribution is -0.116. The Bertz CT molecular complexity index is 1020. The quantitative estimate of drug-likeness (QED) is 0.744. The van der Waals surface area contributed by atoms with E-state index >= 15 is 0 Å². The van der Waals surface area contributed by atoms with Gasteiger partial charge in [0.1, 0.15) is 5.82 Å². The molecule has 0 aliphatic carbocycles. The second kappa shape index (κ2) is 8.32. The first kappa shape index (κ1) is 20.3. The van der Waals surface area contributed by atoms with E-state index in [-0.39, 0.29) is 28.2 Å². The van der Waals surface area contributed by atoms with Gasteiger partial charge in [-0.05, 0) is 42.8 Å². The maximum Gasteiger partial charge on any atom is 0.237 e. The van der Waals surface area contributed by atoms with Crippen molar-refractivity contribution in [2.45, 2.75) is 34.8 Å². The van der Waals surface area contributed by atoms with Crippen molar-refractivity contribution < 1.29 is 22.4 Å². The number of hydrogen-bond donors (Lipinski definition) is 2. The van der Waals surface area contributed by atoms with Gasteiger partial charge in [-0.25, -0.2) is 12.8 Å². The number of halogens is 1. The van der Waals surface area contributed by atoms with Gasteiger partial charge in [-0.1, -0.05) is 13.0 Å². The van der Waals surface area contributed by atoms with Crippen LogP contribution >= 0.6 is 11.8 Å². The van der Waals surface area contributed by atoms with Crippen molar-refractivity contribution in [2.75, 3.05) is 16.4 Å². The van der Waals surface area contributed by atoms with Crippen LogP contribution in [0.2, 0.25) is 0 Å². The highest BCUT2D eigenvalue weighted by Crippen LogP contribution is 2.38. The molecular weight excluding hydrogens is 403 g/mol. The van der Waals surface area contributed by atoms with Crippen LogP contribution in [0.25, 0.3) is 0 Å². The fourth-order valence-electron chi connectivity index (χ4n) is 2.73. The van der Waals surface area contributed by atoms with Gasteiger partial charge in [-0.2, -0.15) is 0 Å². The lowest BCUT2D eigenvalue weighted by Gasteiger charge is -2.23. The molecule has 6 nitrogen and oxygen atoms in total. The summed E-state index contributed by atoms with van der Waals surface area (Å²) in [7, 11) is -3.72. The summed E-state index contributed by atoms with van der Waals surface area (Å²) < 4.78 is 38.3. The molecule has 148 valence electrons. The Hall–Kier alpha value is -2.39. The number of amides is 2. The van der Waals surface area contributed by atoms with E-state index in [4.69, 9.17) is 0 Å². The molecule has 1 aliphatic heterocycles. The number of benzene rings is 2. The summed E-state index contributed by atoms with van der Waals surface area (Å²) in [5.74, 6) is -1.57. The Morgan fingerprint density at radius 2 is 2.04 bits per heavy atom. The summed E-state index contributed by atoms with van der Waals surface area (Å²) >= 11 is 1.40. The van der Waals surface area contributed by atoms with Crippen molar-refractivity contribution in [3.63, 3.8) is 0 Å². The van der Waals surface area contributed by atoms with Crippen LogP contribution in [0.3, 0.4) is 0 Å². The van der Waals surface area contributed by atoms with Crippen LogP contribution < -0.4 is 10.6 Å². The highest BCUT2D eigenvalue weighted by Gasteiger charge is 2.27. The topological polar surface area (TPSA) is 92.3 Å². The van der Waals surface area contributed by atoms with E-state index in [1.807, 2.05) is 6.92 Å². The Labute approximate surface area is 166 Å². The lowest BCUT2D eigenvalue weighted by Crippen LogP contribution is -2.28. The summed E-state index contributed by atoms with van der Waals surface area (Å²) in [5, 5.41) is 5.01. The maximum atomic E-state index is 13.1. The summed E-state index contributed by atoms with van der Waals surface area (Å²) in [6.07, 6.45) is 0.408. The van der Waals surface area contributed by atoms with Gasteiger partial charge in [0.2, 0.25) is 11.8 Å². The number of rotatable bonds is 6. The molecule has 0 radical (unpaired) electrons. The third kappa shape index (κ3) is 4.71. The van der Waals surface area contributed by atoms with Gasteiger partial charge < -0.3 is 10.6 Å². The van der Waals surface area contributed by atoms with E-state index in [1.54, 1.807) is 6.07 Å². The van der Waals surface area contributed by atoms with Gasteiger partial charge in [0.25, 0.3) is 0 Å². The molecule has 1 aliphatic rings. The Balaban J connectivity index is 1.67. The zero-order valence-electron chi connectivity index (χ0n) is 15.1. The molecule has 28 heavy (non-hydrogen) atoms. The lowest BCUT2D eigenvalue weighted by atomic mass is 10.2. The molecule has 2 N–H and O–H groups in total. The molecule has 2 amide bonds. The molecule has 2 aromatic carbocycles. The summed E-state index contributed by atoms with van der Waals surface area (Å²) in [6.45, 7) is 1.91. The molecule has 0 fully saturated rings. The molecule has 1 heterocycles. The van der Waals surface area contributed by atoms with Gasteiger partial charge >= 0.3 is 0 Å². The van der Waals surface area contributed by atoms with Crippen LogP contribution in [0.4, 0.5) is 15.8 Å². The summed E-state index contributed by atoms with van der Waals surface area (Å²) in [4.78, 5) is 24.8. The molecule has 0 saturated heterocycles. The first-order chi connectivity index (χ1) is 13.3. The number of sulfone groups is 1. The Kier molecular flexibility index (Phi) is 6.04. The zero-order chi connectivity index (χ0) is 20.3.